The van der Waals surface area contributed by atoms with Crippen molar-refractivity contribution in [2.24, 2.45) is 11.6 Å². The van der Waals surface area contributed by atoms with Crippen LogP contribution in [0.5, 0.6) is 0 Å². The Labute approximate surface area is 159 Å². The fourth-order valence-corrected chi connectivity index (χ4v) is 3.36. The Kier molecular flexibility index (Phi) is 5.07. The number of rotatable bonds is 3. The quantitative estimate of drug-likeness (QED) is 0.548. The summed E-state index contributed by atoms with van der Waals surface area (Å²) in [5.41, 5.74) is 6.27. The molecule has 1 aromatic carbocycles. The number of carbonyl (C=O) groups excluding carboxylic acids is 1. The molecule has 7 nitrogen and oxygen atoms in total. The molecule has 0 radical (unpaired) electrons. The van der Waals surface area contributed by atoms with Crippen molar-refractivity contribution in [2.45, 2.75) is 32.5 Å². The minimum absolute atomic E-state index is 0.00793. The molecule has 2 aromatic rings. The number of aromatic nitrogens is 2. The highest BCUT2D eigenvalue weighted by atomic mass is 19.4. The van der Waals surface area contributed by atoms with Gasteiger partial charge >= 0.3 is 6.18 Å². The lowest BCUT2D eigenvalue weighted by Crippen LogP contribution is -2.49. The van der Waals surface area contributed by atoms with E-state index in [1.807, 2.05) is 0 Å². The molecule has 150 valence electrons. The van der Waals surface area contributed by atoms with Crippen molar-refractivity contribution >= 4 is 11.9 Å². The Balaban J connectivity index is 1.90. The van der Waals surface area contributed by atoms with Crippen LogP contribution in [-0.4, -0.2) is 33.4 Å². The largest absolute Gasteiger partial charge is 0.416 e. The lowest BCUT2D eigenvalue weighted by Gasteiger charge is -2.37. The van der Waals surface area contributed by atoms with Gasteiger partial charge in [0.15, 0.2) is 0 Å². The number of imidazole rings is 1. The summed E-state index contributed by atoms with van der Waals surface area (Å²) >= 11 is 0. The highest BCUT2D eigenvalue weighted by Crippen LogP contribution is 2.34. The zero-order valence-corrected chi connectivity index (χ0v) is 15.4. The van der Waals surface area contributed by atoms with Gasteiger partial charge in [0.2, 0.25) is 5.95 Å². The number of hydrogen-bond donors (Lipinski definition) is 3. The molecule has 0 spiro atoms. The van der Waals surface area contributed by atoms with Crippen LogP contribution in [0.1, 0.15) is 34.8 Å². The van der Waals surface area contributed by atoms with Crippen molar-refractivity contribution in [3.05, 3.63) is 58.7 Å². The summed E-state index contributed by atoms with van der Waals surface area (Å²) in [6.45, 7) is 3.28. The first-order valence-electron chi connectivity index (χ1n) is 8.63. The highest BCUT2D eigenvalue weighted by Gasteiger charge is 2.36. The zero-order valence-electron chi connectivity index (χ0n) is 15.4. The maximum atomic E-state index is 13.2. The van der Waals surface area contributed by atoms with Crippen molar-refractivity contribution in [2.75, 3.05) is 11.6 Å². The summed E-state index contributed by atoms with van der Waals surface area (Å²) in [7, 11) is 0. The molecular weight excluding hydrogens is 373 g/mol. The summed E-state index contributed by atoms with van der Waals surface area (Å²) in [5.74, 6) is 5.97. The molecule has 1 amide bonds. The SMILES string of the molecule is Cc1c(C(=O)N2CCC(N(N)c3ncc[nH]3)=C(N)C2C)cccc1C(F)(F)F. The maximum Gasteiger partial charge on any atom is 0.416 e. The van der Waals surface area contributed by atoms with Gasteiger partial charge in [0.05, 0.1) is 23.0 Å². The molecule has 3 rings (SSSR count). The van der Waals surface area contributed by atoms with Crippen LogP contribution in [0.15, 0.2) is 42.0 Å². The highest BCUT2D eigenvalue weighted by molar-refractivity contribution is 5.96. The van der Waals surface area contributed by atoms with Crippen LogP contribution in [0.25, 0.3) is 0 Å². The topological polar surface area (TPSA) is 104 Å². The second-order valence-corrected chi connectivity index (χ2v) is 6.59. The van der Waals surface area contributed by atoms with E-state index < -0.39 is 23.7 Å². The molecule has 1 unspecified atom stereocenters. The minimum Gasteiger partial charge on any atom is -0.399 e. The molecule has 0 saturated carbocycles. The molecule has 0 aliphatic carbocycles. The number of aromatic amines is 1. The summed E-state index contributed by atoms with van der Waals surface area (Å²) in [4.78, 5) is 21.4. The van der Waals surface area contributed by atoms with Gasteiger partial charge < -0.3 is 15.6 Å². The van der Waals surface area contributed by atoms with Crippen molar-refractivity contribution in [3.63, 3.8) is 0 Å². The van der Waals surface area contributed by atoms with Gasteiger partial charge in [0, 0.05) is 30.9 Å². The molecule has 1 atom stereocenters. The second-order valence-electron chi connectivity index (χ2n) is 6.59. The predicted molar refractivity (Wildman–Crippen MR) is 97.8 cm³/mol. The van der Waals surface area contributed by atoms with E-state index in [1.165, 1.54) is 29.0 Å². The minimum atomic E-state index is -4.52. The van der Waals surface area contributed by atoms with Crippen molar-refractivity contribution < 1.29 is 18.0 Å². The molecule has 28 heavy (non-hydrogen) atoms. The third-order valence-corrected chi connectivity index (χ3v) is 4.97. The number of benzene rings is 1. The number of H-pyrrole nitrogens is 1. The smallest absolute Gasteiger partial charge is 0.399 e. The van der Waals surface area contributed by atoms with E-state index >= 15 is 0 Å². The Morgan fingerprint density at radius 3 is 2.71 bits per heavy atom. The number of anilines is 1. The van der Waals surface area contributed by atoms with Crippen LogP contribution in [0.3, 0.4) is 0 Å². The van der Waals surface area contributed by atoms with Gasteiger partial charge in [-0.2, -0.15) is 13.2 Å². The van der Waals surface area contributed by atoms with E-state index in [0.717, 1.165) is 6.07 Å². The summed E-state index contributed by atoms with van der Waals surface area (Å²) < 4.78 is 39.5. The standard InChI is InChI=1S/C18H21F3N6O/c1-10-12(4-3-5-13(10)18(19,20)21)16(28)26-9-6-14(15(22)11(26)2)27(23)17-24-7-8-25-17/h3-5,7-8,11H,6,9,22-23H2,1-2H3,(H,24,25). The predicted octanol–water partition coefficient (Wildman–Crippen LogP) is 2.52. The molecule has 1 aliphatic heterocycles. The summed E-state index contributed by atoms with van der Waals surface area (Å²) in [6, 6.07) is 3.06. The number of hydrazine groups is 1. The van der Waals surface area contributed by atoms with Gasteiger partial charge in [-0.1, -0.05) is 6.07 Å². The van der Waals surface area contributed by atoms with Gasteiger partial charge in [-0.05, 0) is 31.5 Å². The average molecular weight is 394 g/mol. The lowest BCUT2D eigenvalue weighted by atomic mass is 9.98. The first-order chi connectivity index (χ1) is 13.1. The monoisotopic (exact) mass is 394 g/mol. The molecule has 0 saturated heterocycles. The molecule has 0 fully saturated rings. The van der Waals surface area contributed by atoms with E-state index in [9.17, 15) is 18.0 Å². The molecule has 5 N–H and O–H groups in total. The Bertz CT molecular complexity index is 907. The Morgan fingerprint density at radius 2 is 2.11 bits per heavy atom. The molecule has 1 aromatic heterocycles. The lowest BCUT2D eigenvalue weighted by molar-refractivity contribution is -0.138. The van der Waals surface area contributed by atoms with Crippen LogP contribution in [-0.2, 0) is 6.18 Å². The van der Waals surface area contributed by atoms with E-state index in [2.05, 4.69) is 9.97 Å². The number of nitrogens with two attached hydrogens (primary N) is 2. The summed E-state index contributed by atoms with van der Waals surface area (Å²) in [5, 5.41) is 1.32. The second kappa shape index (κ2) is 7.19. The van der Waals surface area contributed by atoms with Crippen LogP contribution >= 0.6 is 0 Å². The third-order valence-electron chi connectivity index (χ3n) is 4.97. The first kappa shape index (κ1) is 19.7. The van der Waals surface area contributed by atoms with Gasteiger partial charge in [0.1, 0.15) is 0 Å². The maximum absolute atomic E-state index is 13.2. The number of carbonyl (C=O) groups is 1. The average Bonchev–Trinajstić information content (AvgIpc) is 3.17. The fourth-order valence-electron chi connectivity index (χ4n) is 3.36. The van der Waals surface area contributed by atoms with Crippen molar-refractivity contribution in [3.8, 4) is 0 Å². The van der Waals surface area contributed by atoms with E-state index in [-0.39, 0.29) is 17.7 Å². The van der Waals surface area contributed by atoms with Gasteiger partial charge in [-0.25, -0.2) is 10.8 Å². The third kappa shape index (κ3) is 3.42. The van der Waals surface area contributed by atoms with E-state index in [0.29, 0.717) is 23.8 Å². The molecule has 2 heterocycles. The number of amides is 1. The molecular formula is C18H21F3N6O. The zero-order chi connectivity index (χ0) is 20.6. The van der Waals surface area contributed by atoms with Crippen LogP contribution in [0.2, 0.25) is 0 Å². The van der Waals surface area contributed by atoms with Gasteiger partial charge in [-0.15, -0.1) is 0 Å². The molecule has 10 heteroatoms. The van der Waals surface area contributed by atoms with Crippen molar-refractivity contribution in [1.82, 2.24) is 14.9 Å². The molecule has 1 aliphatic rings. The molecule has 0 bridgehead atoms. The number of halogens is 3. The normalized spacial score (nSPS) is 17.8. The number of alkyl halides is 3. The Hall–Kier alpha value is -3.01. The van der Waals surface area contributed by atoms with E-state index in [4.69, 9.17) is 11.6 Å². The number of hydrogen-bond acceptors (Lipinski definition) is 5. The fraction of sp³-hybridized carbons (Fsp3) is 0.333. The first-order valence-corrected chi connectivity index (χ1v) is 8.63. The van der Waals surface area contributed by atoms with Gasteiger partial charge in [-0.3, -0.25) is 9.80 Å². The van der Waals surface area contributed by atoms with Gasteiger partial charge in [0.25, 0.3) is 5.91 Å². The van der Waals surface area contributed by atoms with Crippen LogP contribution in [0.4, 0.5) is 19.1 Å². The summed E-state index contributed by atoms with van der Waals surface area (Å²) in [6.07, 6.45) is -1.02. The van der Waals surface area contributed by atoms with Crippen molar-refractivity contribution in [1.29, 1.82) is 0 Å². The number of nitrogens with zero attached hydrogens (tertiary/aromatic N) is 3. The Morgan fingerprint density at radius 1 is 1.39 bits per heavy atom. The van der Waals surface area contributed by atoms with Crippen LogP contribution < -0.4 is 16.6 Å². The van der Waals surface area contributed by atoms with E-state index in [1.54, 1.807) is 19.3 Å². The van der Waals surface area contributed by atoms with Crippen LogP contribution in [0, 0.1) is 6.92 Å². The number of nitrogens with one attached hydrogen (secondary N) is 1.